The molecular formula is C8H10BO4. The van der Waals surface area contributed by atoms with Crippen LogP contribution in [0.25, 0.3) is 0 Å². The van der Waals surface area contributed by atoms with Crippen molar-refractivity contribution < 1.29 is 19.6 Å². The van der Waals surface area contributed by atoms with Crippen LogP contribution in [0.3, 0.4) is 0 Å². The number of carbonyl (C=O) groups is 1. The summed E-state index contributed by atoms with van der Waals surface area (Å²) in [6.45, 7) is 0. The minimum absolute atomic E-state index is 0. The molecule has 1 aromatic carbocycles. The first-order chi connectivity index (χ1) is 6.28. The summed E-state index contributed by atoms with van der Waals surface area (Å²) >= 11 is 0. The van der Waals surface area contributed by atoms with E-state index in [1.165, 1.54) is 0 Å². The number of aldehydes is 1. The molecule has 0 fully saturated rings. The van der Waals surface area contributed by atoms with Crippen molar-refractivity contribution in [1.82, 2.24) is 0 Å². The molecule has 0 aliphatic heterocycles. The molecule has 69 valence electrons. The van der Waals surface area contributed by atoms with E-state index in [1.54, 1.807) is 31.4 Å². The molecule has 1 rings (SSSR count). The minimum atomic E-state index is 0. The molecule has 1 aromatic rings. The zero-order valence-corrected chi connectivity index (χ0v) is 7.18. The molecule has 0 aliphatic carbocycles. The van der Waals surface area contributed by atoms with Crippen LogP contribution in [0.1, 0.15) is 10.4 Å². The molecule has 0 unspecified atom stereocenters. The van der Waals surface area contributed by atoms with Crippen LogP contribution in [-0.2, 0) is 0 Å². The van der Waals surface area contributed by atoms with E-state index in [4.69, 9.17) is 14.8 Å². The second-order valence-electron chi connectivity index (χ2n) is 2.01. The highest BCUT2D eigenvalue weighted by molar-refractivity contribution is 6.13. The van der Waals surface area contributed by atoms with Crippen molar-refractivity contribution in [3.8, 4) is 5.75 Å². The third-order valence-corrected chi connectivity index (χ3v) is 1.25. The molecule has 13 heavy (non-hydrogen) atoms. The number of benzene rings is 1. The van der Waals surface area contributed by atoms with Crippen molar-refractivity contribution in [3.05, 3.63) is 29.8 Å². The number of hydrogen-bond acceptors (Lipinski definition) is 4. The van der Waals surface area contributed by atoms with Gasteiger partial charge in [-0.3, -0.25) is 4.79 Å². The molecule has 0 spiro atoms. The quantitative estimate of drug-likeness (QED) is 0.498. The van der Waals surface area contributed by atoms with Crippen molar-refractivity contribution in [2.45, 2.75) is 0 Å². The second-order valence-corrected chi connectivity index (χ2v) is 2.01. The Morgan fingerprint density at radius 1 is 1.31 bits per heavy atom. The molecule has 0 saturated heterocycles. The van der Waals surface area contributed by atoms with Crippen molar-refractivity contribution in [2.24, 2.45) is 0 Å². The first-order valence-corrected chi connectivity index (χ1v) is 3.47. The Kier molecular flexibility index (Phi) is 6.58. The van der Waals surface area contributed by atoms with E-state index in [-0.39, 0.29) is 7.69 Å². The fourth-order valence-electron chi connectivity index (χ4n) is 0.682. The summed E-state index contributed by atoms with van der Waals surface area (Å²) in [5.74, 6) is 0.769. The zero-order chi connectivity index (χ0) is 10.1. The fraction of sp³-hybridized carbons (Fsp3) is 0.125. The van der Waals surface area contributed by atoms with Crippen LogP contribution in [0.2, 0.25) is 0 Å². The fourth-order valence-corrected chi connectivity index (χ4v) is 0.682. The lowest BCUT2D eigenvalue weighted by molar-refractivity contribution is 0.112. The van der Waals surface area contributed by atoms with E-state index in [2.05, 4.69) is 0 Å². The third-order valence-electron chi connectivity index (χ3n) is 1.25. The van der Waals surface area contributed by atoms with Gasteiger partial charge < -0.3 is 14.8 Å². The summed E-state index contributed by atoms with van der Waals surface area (Å²) in [6.07, 6.45) is 0.805. The second kappa shape index (κ2) is 7.33. The maximum atomic E-state index is 10.2. The maximum absolute atomic E-state index is 10.2. The molecule has 0 saturated carbocycles. The Hall–Kier alpha value is -1.33. The minimum Gasteiger partial charge on any atom is -0.497 e. The topological polar surface area (TPSA) is 66.8 Å². The summed E-state index contributed by atoms with van der Waals surface area (Å²) in [6, 6.07) is 6.94. The third kappa shape index (κ3) is 5.00. The highest BCUT2D eigenvalue weighted by atomic mass is 16.5. The molecule has 5 heteroatoms. The van der Waals surface area contributed by atoms with E-state index in [9.17, 15) is 4.79 Å². The van der Waals surface area contributed by atoms with Crippen molar-refractivity contribution in [1.29, 1.82) is 0 Å². The molecule has 2 N–H and O–H groups in total. The Morgan fingerprint density at radius 2 is 1.77 bits per heavy atom. The monoisotopic (exact) mass is 181 g/mol. The highest BCUT2D eigenvalue weighted by Crippen LogP contribution is 2.09. The van der Waals surface area contributed by atoms with Crippen LogP contribution >= 0.6 is 0 Å². The van der Waals surface area contributed by atoms with E-state index in [0.717, 1.165) is 12.0 Å². The SMILES string of the molecule is COc1ccc(C=O)cc1.O[B]O. The largest absolute Gasteiger partial charge is 0.497 e. The molecule has 1 radical (unpaired) electrons. The predicted molar refractivity (Wildman–Crippen MR) is 48.6 cm³/mol. The van der Waals surface area contributed by atoms with Gasteiger partial charge in [0.05, 0.1) is 7.11 Å². The predicted octanol–water partition coefficient (Wildman–Crippen LogP) is 0.0129. The van der Waals surface area contributed by atoms with Crippen LogP contribution in [-0.4, -0.2) is 31.1 Å². The first-order valence-electron chi connectivity index (χ1n) is 3.47. The molecule has 4 nitrogen and oxygen atoms in total. The van der Waals surface area contributed by atoms with Gasteiger partial charge in [0, 0.05) is 5.56 Å². The number of carbonyl (C=O) groups excluding carboxylic acids is 1. The van der Waals surface area contributed by atoms with Gasteiger partial charge >= 0.3 is 7.69 Å². The molecule has 0 heterocycles. The smallest absolute Gasteiger partial charge is 0.482 e. The molecule has 0 aliphatic rings. The summed E-state index contributed by atoms with van der Waals surface area (Å²) < 4.78 is 4.90. The molecular weight excluding hydrogens is 171 g/mol. The molecule has 0 amide bonds. The van der Waals surface area contributed by atoms with Crippen LogP contribution in [0.15, 0.2) is 24.3 Å². The zero-order valence-electron chi connectivity index (χ0n) is 7.18. The Morgan fingerprint density at radius 3 is 2.08 bits per heavy atom. The number of rotatable bonds is 2. The van der Waals surface area contributed by atoms with Crippen molar-refractivity contribution >= 4 is 14.0 Å². The summed E-state index contributed by atoms with van der Waals surface area (Å²) in [7, 11) is 1.59. The molecule has 0 atom stereocenters. The summed E-state index contributed by atoms with van der Waals surface area (Å²) in [4.78, 5) is 10.2. The Bertz CT molecular complexity index is 234. The first kappa shape index (κ1) is 11.7. The summed E-state index contributed by atoms with van der Waals surface area (Å²) in [5, 5.41) is 14.0. The number of hydrogen-bond donors (Lipinski definition) is 2. The lowest BCUT2D eigenvalue weighted by Crippen LogP contribution is -1.82. The lowest BCUT2D eigenvalue weighted by atomic mass is 10.2. The van der Waals surface area contributed by atoms with Gasteiger partial charge in [0.25, 0.3) is 0 Å². The lowest BCUT2D eigenvalue weighted by Gasteiger charge is -1.96. The van der Waals surface area contributed by atoms with Gasteiger partial charge in [-0.15, -0.1) is 0 Å². The summed E-state index contributed by atoms with van der Waals surface area (Å²) in [5.41, 5.74) is 0.667. The van der Waals surface area contributed by atoms with Crippen LogP contribution in [0.5, 0.6) is 5.75 Å². The Balaban J connectivity index is 0.000000424. The molecule has 0 bridgehead atoms. The van der Waals surface area contributed by atoms with Crippen LogP contribution < -0.4 is 4.74 Å². The van der Waals surface area contributed by atoms with Crippen molar-refractivity contribution in [2.75, 3.05) is 7.11 Å². The molecule has 0 aromatic heterocycles. The van der Waals surface area contributed by atoms with Crippen LogP contribution in [0, 0.1) is 0 Å². The van der Waals surface area contributed by atoms with E-state index >= 15 is 0 Å². The van der Waals surface area contributed by atoms with Gasteiger partial charge in [-0.1, -0.05) is 0 Å². The number of methoxy groups -OCH3 is 1. The highest BCUT2D eigenvalue weighted by Gasteiger charge is 1.89. The standard InChI is InChI=1S/C8H8O2.BH2O2/c1-10-8-4-2-7(6-9)3-5-8;2-1-3/h2-6H,1H3;2-3H. The maximum Gasteiger partial charge on any atom is 0.482 e. The Labute approximate surface area is 77.1 Å². The van der Waals surface area contributed by atoms with Crippen LogP contribution in [0.4, 0.5) is 0 Å². The average molecular weight is 181 g/mol. The van der Waals surface area contributed by atoms with Gasteiger partial charge in [0.1, 0.15) is 12.0 Å². The van der Waals surface area contributed by atoms with Crippen molar-refractivity contribution in [3.63, 3.8) is 0 Å². The normalized spacial score (nSPS) is 7.92. The van der Waals surface area contributed by atoms with Gasteiger partial charge in [-0.05, 0) is 24.3 Å². The number of ether oxygens (including phenoxy) is 1. The van der Waals surface area contributed by atoms with E-state index < -0.39 is 0 Å². The van der Waals surface area contributed by atoms with Gasteiger partial charge in [-0.25, -0.2) is 0 Å². The van der Waals surface area contributed by atoms with E-state index in [1.807, 2.05) is 0 Å². The van der Waals surface area contributed by atoms with Gasteiger partial charge in [0.2, 0.25) is 0 Å². The van der Waals surface area contributed by atoms with Gasteiger partial charge in [0.15, 0.2) is 0 Å². The van der Waals surface area contributed by atoms with Gasteiger partial charge in [-0.2, -0.15) is 0 Å². The average Bonchev–Trinajstić information content (AvgIpc) is 2.19. The van der Waals surface area contributed by atoms with E-state index in [0.29, 0.717) is 5.56 Å².